The number of carbonyl (C=O) groups is 1. The summed E-state index contributed by atoms with van der Waals surface area (Å²) < 4.78 is 0. The summed E-state index contributed by atoms with van der Waals surface area (Å²) in [6, 6.07) is 9.23. The number of likely N-dealkylation sites (tertiary alicyclic amines) is 1. The molecule has 19 heavy (non-hydrogen) atoms. The molecule has 1 fully saturated rings. The average Bonchev–Trinajstić information content (AvgIpc) is 2.82. The third-order valence-corrected chi connectivity index (χ3v) is 4.56. The van der Waals surface area contributed by atoms with E-state index in [9.17, 15) is 4.79 Å². The van der Waals surface area contributed by atoms with Crippen molar-refractivity contribution in [3.63, 3.8) is 0 Å². The predicted octanol–water partition coefficient (Wildman–Crippen LogP) is 2.86. The van der Waals surface area contributed by atoms with Crippen LogP contribution in [-0.2, 0) is 11.2 Å². The molecular formula is C16H21NO2. The van der Waals surface area contributed by atoms with Gasteiger partial charge in [0.2, 0.25) is 0 Å². The van der Waals surface area contributed by atoms with Crippen molar-refractivity contribution in [3.05, 3.63) is 35.4 Å². The zero-order valence-corrected chi connectivity index (χ0v) is 11.2. The van der Waals surface area contributed by atoms with Gasteiger partial charge in [0.15, 0.2) is 0 Å². The van der Waals surface area contributed by atoms with Gasteiger partial charge in [-0.3, -0.25) is 9.69 Å². The summed E-state index contributed by atoms with van der Waals surface area (Å²) in [5.74, 6) is -0.322. The zero-order chi connectivity index (χ0) is 13.2. The minimum Gasteiger partial charge on any atom is -0.481 e. The van der Waals surface area contributed by atoms with Gasteiger partial charge in [-0.25, -0.2) is 0 Å². The second-order valence-corrected chi connectivity index (χ2v) is 5.85. The Morgan fingerprint density at radius 2 is 2.16 bits per heavy atom. The molecule has 1 aliphatic heterocycles. The molecule has 0 spiro atoms. The van der Waals surface area contributed by atoms with Crippen molar-refractivity contribution in [1.29, 1.82) is 0 Å². The first-order valence-electron chi connectivity index (χ1n) is 7.27. The van der Waals surface area contributed by atoms with Gasteiger partial charge in [0, 0.05) is 19.0 Å². The van der Waals surface area contributed by atoms with Crippen LogP contribution in [0.4, 0.5) is 0 Å². The third-order valence-electron chi connectivity index (χ3n) is 4.56. The minimum atomic E-state index is -0.654. The van der Waals surface area contributed by atoms with E-state index in [0.717, 1.165) is 25.9 Å². The maximum Gasteiger partial charge on any atom is 0.303 e. The topological polar surface area (TPSA) is 40.5 Å². The molecule has 1 aromatic rings. The third kappa shape index (κ3) is 2.66. The standard InChI is InChI=1S/C16H21NO2/c18-16(19)10-12-4-3-9-17(11-12)15-8-7-13-5-1-2-6-14(13)15/h1-2,5-6,12,15H,3-4,7-11H2,(H,18,19). The van der Waals surface area contributed by atoms with Crippen LogP contribution in [0, 0.1) is 5.92 Å². The maximum atomic E-state index is 10.9. The van der Waals surface area contributed by atoms with Gasteiger partial charge in [0.25, 0.3) is 0 Å². The van der Waals surface area contributed by atoms with Gasteiger partial charge >= 0.3 is 5.97 Å². The summed E-state index contributed by atoms with van der Waals surface area (Å²) in [6.07, 6.45) is 4.89. The molecule has 1 heterocycles. The molecule has 0 bridgehead atoms. The molecule has 2 aliphatic rings. The summed E-state index contributed by atoms with van der Waals surface area (Å²) in [4.78, 5) is 13.4. The van der Waals surface area contributed by atoms with Crippen molar-refractivity contribution in [2.75, 3.05) is 13.1 Å². The zero-order valence-electron chi connectivity index (χ0n) is 11.2. The first kappa shape index (κ1) is 12.7. The van der Waals surface area contributed by atoms with E-state index in [1.165, 1.54) is 24.0 Å². The van der Waals surface area contributed by atoms with Crippen LogP contribution in [0.5, 0.6) is 0 Å². The van der Waals surface area contributed by atoms with Crippen LogP contribution < -0.4 is 0 Å². The summed E-state index contributed by atoms with van der Waals surface area (Å²) >= 11 is 0. The quantitative estimate of drug-likeness (QED) is 0.907. The lowest BCUT2D eigenvalue weighted by atomic mass is 9.93. The molecule has 3 nitrogen and oxygen atoms in total. The van der Waals surface area contributed by atoms with E-state index < -0.39 is 5.97 Å². The van der Waals surface area contributed by atoms with Crippen LogP contribution in [0.25, 0.3) is 0 Å². The first-order valence-corrected chi connectivity index (χ1v) is 7.27. The highest BCUT2D eigenvalue weighted by Gasteiger charge is 2.31. The molecule has 3 rings (SSSR count). The van der Waals surface area contributed by atoms with Gasteiger partial charge in [0.1, 0.15) is 0 Å². The molecule has 102 valence electrons. The monoisotopic (exact) mass is 259 g/mol. The Hall–Kier alpha value is -1.35. The van der Waals surface area contributed by atoms with E-state index in [1.54, 1.807) is 0 Å². The number of carboxylic acids is 1. The lowest BCUT2D eigenvalue weighted by Gasteiger charge is -2.36. The normalized spacial score (nSPS) is 27.2. The van der Waals surface area contributed by atoms with Gasteiger partial charge in [-0.2, -0.15) is 0 Å². The molecule has 2 unspecified atom stereocenters. The predicted molar refractivity (Wildman–Crippen MR) is 74.1 cm³/mol. The van der Waals surface area contributed by atoms with Gasteiger partial charge in [-0.1, -0.05) is 24.3 Å². The molecule has 0 aromatic heterocycles. The molecular weight excluding hydrogens is 238 g/mol. The number of hydrogen-bond donors (Lipinski definition) is 1. The highest BCUT2D eigenvalue weighted by atomic mass is 16.4. The van der Waals surface area contributed by atoms with Gasteiger partial charge in [-0.15, -0.1) is 0 Å². The van der Waals surface area contributed by atoms with E-state index in [-0.39, 0.29) is 0 Å². The number of nitrogens with zero attached hydrogens (tertiary/aromatic N) is 1. The van der Waals surface area contributed by atoms with Crippen molar-refractivity contribution in [1.82, 2.24) is 4.90 Å². The fourth-order valence-corrected chi connectivity index (χ4v) is 3.71. The SMILES string of the molecule is O=C(O)CC1CCCN(C2CCc3ccccc32)C1. The van der Waals surface area contributed by atoms with E-state index in [0.29, 0.717) is 18.4 Å². The van der Waals surface area contributed by atoms with Crippen LogP contribution in [-0.4, -0.2) is 29.1 Å². The maximum absolute atomic E-state index is 10.9. The summed E-state index contributed by atoms with van der Waals surface area (Å²) in [6.45, 7) is 2.07. The van der Waals surface area contributed by atoms with Crippen molar-refractivity contribution in [2.24, 2.45) is 5.92 Å². The molecule has 0 radical (unpaired) electrons. The van der Waals surface area contributed by atoms with Gasteiger partial charge in [-0.05, 0) is 49.3 Å². The summed E-state index contributed by atoms with van der Waals surface area (Å²) in [5.41, 5.74) is 2.95. The average molecular weight is 259 g/mol. The fourth-order valence-electron chi connectivity index (χ4n) is 3.71. The van der Waals surface area contributed by atoms with Crippen LogP contribution >= 0.6 is 0 Å². The molecule has 1 N–H and O–H groups in total. The Kier molecular flexibility index (Phi) is 3.56. The van der Waals surface area contributed by atoms with Crippen LogP contribution in [0.1, 0.15) is 42.9 Å². The Morgan fingerprint density at radius 1 is 1.32 bits per heavy atom. The second-order valence-electron chi connectivity index (χ2n) is 5.85. The Morgan fingerprint density at radius 3 is 3.00 bits per heavy atom. The number of aryl methyl sites for hydroxylation is 1. The van der Waals surface area contributed by atoms with E-state index in [4.69, 9.17) is 5.11 Å². The number of carboxylic acid groups (broad SMARTS) is 1. The molecule has 0 saturated carbocycles. The van der Waals surface area contributed by atoms with Crippen molar-refractivity contribution >= 4 is 5.97 Å². The Balaban J connectivity index is 1.71. The second kappa shape index (κ2) is 5.33. The van der Waals surface area contributed by atoms with Crippen molar-refractivity contribution in [3.8, 4) is 0 Å². The lowest BCUT2D eigenvalue weighted by molar-refractivity contribution is -0.138. The largest absolute Gasteiger partial charge is 0.481 e. The first-order chi connectivity index (χ1) is 9.24. The number of piperidine rings is 1. The molecule has 3 heteroatoms. The fraction of sp³-hybridized carbons (Fsp3) is 0.562. The number of fused-ring (bicyclic) bond motifs is 1. The molecule has 2 atom stereocenters. The van der Waals surface area contributed by atoms with E-state index >= 15 is 0 Å². The van der Waals surface area contributed by atoms with Crippen molar-refractivity contribution in [2.45, 2.75) is 38.1 Å². The van der Waals surface area contributed by atoms with Crippen LogP contribution in [0.3, 0.4) is 0 Å². The van der Waals surface area contributed by atoms with Gasteiger partial charge < -0.3 is 5.11 Å². The van der Waals surface area contributed by atoms with Crippen LogP contribution in [0.15, 0.2) is 24.3 Å². The van der Waals surface area contributed by atoms with Crippen molar-refractivity contribution < 1.29 is 9.90 Å². The number of benzene rings is 1. The Bertz CT molecular complexity index is 472. The number of aliphatic carboxylic acids is 1. The van der Waals surface area contributed by atoms with Gasteiger partial charge in [0.05, 0.1) is 0 Å². The number of rotatable bonds is 3. The highest BCUT2D eigenvalue weighted by Crippen LogP contribution is 2.37. The lowest BCUT2D eigenvalue weighted by Crippen LogP contribution is -2.38. The van der Waals surface area contributed by atoms with Crippen LogP contribution in [0.2, 0.25) is 0 Å². The molecule has 0 amide bonds. The molecule has 1 aromatic carbocycles. The van der Waals surface area contributed by atoms with E-state index in [1.807, 2.05) is 0 Å². The summed E-state index contributed by atoms with van der Waals surface area (Å²) in [5, 5.41) is 8.96. The number of hydrogen-bond acceptors (Lipinski definition) is 2. The smallest absolute Gasteiger partial charge is 0.303 e. The summed E-state index contributed by atoms with van der Waals surface area (Å²) in [7, 11) is 0. The highest BCUT2D eigenvalue weighted by molar-refractivity contribution is 5.67. The molecule has 1 aliphatic carbocycles. The van der Waals surface area contributed by atoms with E-state index in [2.05, 4.69) is 29.2 Å². The minimum absolute atomic E-state index is 0.324. The Labute approximate surface area is 114 Å². The molecule has 1 saturated heterocycles.